The fourth-order valence-corrected chi connectivity index (χ4v) is 3.64. The third-order valence-electron chi connectivity index (χ3n) is 3.12. The summed E-state index contributed by atoms with van der Waals surface area (Å²) < 4.78 is 45.5. The van der Waals surface area contributed by atoms with Crippen molar-refractivity contribution >= 4 is 43.2 Å². The third kappa shape index (κ3) is 3.49. The van der Waals surface area contributed by atoms with Crippen molar-refractivity contribution in [1.29, 1.82) is 0 Å². The number of rotatable bonds is 4. The van der Waals surface area contributed by atoms with Crippen molar-refractivity contribution in [3.8, 4) is 0 Å². The number of hydrogen-bond acceptors (Lipinski definition) is 5. The largest absolute Gasteiger partial charge is 0.395 e. The van der Waals surface area contributed by atoms with Crippen LogP contribution in [-0.4, -0.2) is 38.9 Å². The molecule has 6 nitrogen and oxygen atoms in total. The van der Waals surface area contributed by atoms with Gasteiger partial charge in [0.05, 0.1) is 21.8 Å². The first-order valence-corrected chi connectivity index (χ1v) is 8.54. The van der Waals surface area contributed by atoms with Crippen LogP contribution >= 0.6 is 27.5 Å². The van der Waals surface area contributed by atoms with E-state index >= 15 is 0 Å². The smallest absolute Gasteiger partial charge is 0.243 e. The monoisotopic (exact) mass is 402 g/mol. The van der Waals surface area contributed by atoms with Gasteiger partial charge in [-0.25, -0.2) is 17.5 Å². The lowest BCUT2D eigenvalue weighted by Crippen LogP contribution is -2.43. The first kappa shape index (κ1) is 16.9. The van der Waals surface area contributed by atoms with Crippen molar-refractivity contribution in [2.75, 3.05) is 25.5 Å². The average molecular weight is 404 g/mol. The Balaban J connectivity index is 2.28. The van der Waals surface area contributed by atoms with Crippen LogP contribution in [0.2, 0.25) is 5.02 Å². The normalized spacial score (nSPS) is 22.7. The Morgan fingerprint density at radius 1 is 1.62 bits per heavy atom. The van der Waals surface area contributed by atoms with Crippen molar-refractivity contribution in [3.63, 3.8) is 0 Å². The molecule has 10 heteroatoms. The van der Waals surface area contributed by atoms with Gasteiger partial charge in [0.1, 0.15) is 10.5 Å². The Hall–Kier alpha value is -0.450. The molecule has 1 atom stereocenters. The average Bonchev–Trinajstić information content (AvgIpc) is 2.86. The second-order valence-corrected chi connectivity index (χ2v) is 7.69. The molecule has 2 rings (SSSR count). The van der Waals surface area contributed by atoms with Gasteiger partial charge in [-0.1, -0.05) is 11.6 Å². The second-order valence-electron chi connectivity index (χ2n) is 4.75. The Bertz CT molecular complexity index is 665. The summed E-state index contributed by atoms with van der Waals surface area (Å²) in [7, 11) is -4.20. The summed E-state index contributed by atoms with van der Waals surface area (Å²) in [5.41, 5.74) is 3.76. The zero-order valence-electron chi connectivity index (χ0n) is 10.7. The summed E-state index contributed by atoms with van der Waals surface area (Å²) in [6, 6.07) is 0.953. The number of nitrogen functional groups attached to an aromatic ring is 1. The van der Waals surface area contributed by atoms with Gasteiger partial charge in [0.2, 0.25) is 10.0 Å². The van der Waals surface area contributed by atoms with Gasteiger partial charge in [0.15, 0.2) is 5.82 Å². The van der Waals surface area contributed by atoms with E-state index in [1.54, 1.807) is 0 Å². The highest BCUT2D eigenvalue weighted by Crippen LogP contribution is 2.34. The van der Waals surface area contributed by atoms with Crippen LogP contribution in [-0.2, 0) is 14.8 Å². The fourth-order valence-electron chi connectivity index (χ4n) is 1.84. The molecular formula is C11H13BrClFN2O4S. The molecule has 1 aromatic carbocycles. The minimum Gasteiger partial charge on any atom is -0.395 e. The highest BCUT2D eigenvalue weighted by Gasteiger charge is 2.34. The van der Waals surface area contributed by atoms with E-state index in [2.05, 4.69) is 20.7 Å². The molecule has 1 aliphatic heterocycles. The maximum atomic E-state index is 14.0. The molecule has 1 aliphatic rings. The van der Waals surface area contributed by atoms with Gasteiger partial charge in [0, 0.05) is 19.6 Å². The van der Waals surface area contributed by atoms with Gasteiger partial charge >= 0.3 is 0 Å². The molecule has 1 heterocycles. The molecule has 1 unspecified atom stereocenters. The van der Waals surface area contributed by atoms with E-state index in [9.17, 15) is 17.9 Å². The minimum absolute atomic E-state index is 0.0151. The number of ether oxygens (including phenoxy) is 1. The Morgan fingerprint density at radius 3 is 2.86 bits per heavy atom. The number of benzene rings is 1. The highest BCUT2D eigenvalue weighted by atomic mass is 79.9. The molecule has 21 heavy (non-hydrogen) atoms. The van der Waals surface area contributed by atoms with Crippen molar-refractivity contribution < 1.29 is 22.7 Å². The number of hydrogen-bond donors (Lipinski definition) is 3. The summed E-state index contributed by atoms with van der Waals surface area (Å²) in [6.07, 6.45) is 0.293. The number of nitrogens with two attached hydrogens (primary N) is 1. The van der Waals surface area contributed by atoms with Crippen molar-refractivity contribution in [3.05, 3.63) is 21.4 Å². The first-order valence-electron chi connectivity index (χ1n) is 5.89. The maximum Gasteiger partial charge on any atom is 0.243 e. The zero-order valence-corrected chi connectivity index (χ0v) is 13.9. The van der Waals surface area contributed by atoms with Crippen LogP contribution in [0.15, 0.2) is 15.4 Å². The lowest BCUT2D eigenvalue weighted by Gasteiger charge is -2.21. The van der Waals surface area contributed by atoms with E-state index in [-0.39, 0.29) is 22.6 Å². The van der Waals surface area contributed by atoms with E-state index in [0.29, 0.717) is 13.0 Å². The van der Waals surface area contributed by atoms with E-state index in [1.165, 1.54) is 0 Å². The van der Waals surface area contributed by atoms with Crippen molar-refractivity contribution in [1.82, 2.24) is 4.72 Å². The van der Waals surface area contributed by atoms with Crippen LogP contribution in [0, 0.1) is 5.82 Å². The number of anilines is 1. The standard InChI is InChI=1S/C11H13BrClFN2O4S/c12-8-6(13)3-7(9(14)10(8)15)21(18,19)16-4-11(17)1-2-20-5-11/h3,16-17H,1-2,4-5,15H2. The number of nitrogens with one attached hydrogen (secondary N) is 1. The van der Waals surface area contributed by atoms with Gasteiger partial charge in [0.25, 0.3) is 0 Å². The van der Waals surface area contributed by atoms with E-state index in [0.717, 1.165) is 6.07 Å². The van der Waals surface area contributed by atoms with E-state index in [1.807, 2.05) is 0 Å². The lowest BCUT2D eigenvalue weighted by molar-refractivity contribution is 0.0314. The molecule has 1 fully saturated rings. The van der Waals surface area contributed by atoms with Crippen molar-refractivity contribution in [2.45, 2.75) is 16.9 Å². The molecule has 0 radical (unpaired) electrons. The minimum atomic E-state index is -4.20. The van der Waals surface area contributed by atoms with Crippen LogP contribution in [0.3, 0.4) is 0 Å². The topological polar surface area (TPSA) is 102 Å². The fraction of sp³-hybridized carbons (Fsp3) is 0.455. The Kier molecular flexibility index (Phi) is 4.81. The van der Waals surface area contributed by atoms with Gasteiger partial charge in [-0.3, -0.25) is 0 Å². The summed E-state index contributed by atoms with van der Waals surface area (Å²) in [6.45, 7) is 0.0627. The SMILES string of the molecule is Nc1c(F)c(S(=O)(=O)NCC2(O)CCOC2)cc(Cl)c1Br. The molecule has 0 spiro atoms. The quantitative estimate of drug-likeness (QED) is 0.519. The molecule has 1 aromatic rings. The van der Waals surface area contributed by atoms with Crippen LogP contribution in [0.25, 0.3) is 0 Å². The summed E-state index contributed by atoms with van der Waals surface area (Å²) in [5, 5.41) is 9.99. The molecule has 0 bridgehead atoms. The van der Waals surface area contributed by atoms with Gasteiger partial charge in [-0.05, 0) is 22.0 Å². The van der Waals surface area contributed by atoms with Crippen LogP contribution < -0.4 is 10.5 Å². The number of aliphatic hydroxyl groups is 1. The van der Waals surface area contributed by atoms with Gasteiger partial charge < -0.3 is 15.6 Å². The van der Waals surface area contributed by atoms with Gasteiger partial charge in [-0.2, -0.15) is 0 Å². The van der Waals surface area contributed by atoms with Crippen LogP contribution in [0.4, 0.5) is 10.1 Å². The third-order valence-corrected chi connectivity index (χ3v) is 5.90. The van der Waals surface area contributed by atoms with E-state index < -0.39 is 32.0 Å². The maximum absolute atomic E-state index is 14.0. The molecule has 4 N–H and O–H groups in total. The number of sulfonamides is 1. The predicted molar refractivity (Wildman–Crippen MR) is 79.1 cm³/mol. The summed E-state index contributed by atoms with van der Waals surface area (Å²) in [5.74, 6) is -1.10. The van der Waals surface area contributed by atoms with E-state index in [4.69, 9.17) is 22.1 Å². The molecule has 0 aliphatic carbocycles. The lowest BCUT2D eigenvalue weighted by atomic mass is 10.1. The molecule has 1 saturated heterocycles. The van der Waals surface area contributed by atoms with Gasteiger partial charge in [-0.15, -0.1) is 0 Å². The molecule has 0 aromatic heterocycles. The zero-order chi connectivity index (χ0) is 15.8. The first-order chi connectivity index (χ1) is 9.66. The van der Waals surface area contributed by atoms with Crippen molar-refractivity contribution in [2.24, 2.45) is 0 Å². The van der Waals surface area contributed by atoms with Crippen LogP contribution in [0.5, 0.6) is 0 Å². The molecular weight excluding hydrogens is 391 g/mol. The summed E-state index contributed by atoms with van der Waals surface area (Å²) in [4.78, 5) is -0.671. The second kappa shape index (κ2) is 5.98. The molecule has 0 saturated carbocycles. The highest BCUT2D eigenvalue weighted by molar-refractivity contribution is 9.10. The number of halogens is 3. The Labute approximate surface area is 134 Å². The van der Waals surface area contributed by atoms with Crippen LogP contribution in [0.1, 0.15) is 6.42 Å². The Morgan fingerprint density at radius 2 is 2.29 bits per heavy atom. The molecule has 0 amide bonds. The predicted octanol–water partition coefficient (Wildman–Crippen LogP) is 1.25. The summed E-state index contributed by atoms with van der Waals surface area (Å²) >= 11 is 8.76. The molecule has 118 valence electrons.